The third-order valence-corrected chi connectivity index (χ3v) is 6.06. The molecular weight excluding hydrogens is 402 g/mol. The maximum atomic E-state index is 12.3. The van der Waals surface area contributed by atoms with Crippen molar-refractivity contribution in [1.29, 1.82) is 0 Å². The molecule has 1 aromatic carbocycles. The average Bonchev–Trinajstić information content (AvgIpc) is 3.47. The maximum Gasteiger partial charge on any atom is 0.254 e. The van der Waals surface area contributed by atoms with Gasteiger partial charge in [-0.25, -0.2) is 14.7 Å². The number of nitrogens with two attached hydrogens (primary N) is 1. The predicted octanol–water partition coefficient (Wildman–Crippen LogP) is 2.38. The summed E-state index contributed by atoms with van der Waals surface area (Å²) >= 11 is 0. The molecule has 2 aliphatic rings. The van der Waals surface area contributed by atoms with Crippen molar-refractivity contribution in [2.75, 3.05) is 20.1 Å². The van der Waals surface area contributed by atoms with Crippen molar-refractivity contribution < 1.29 is 4.79 Å². The van der Waals surface area contributed by atoms with E-state index < -0.39 is 0 Å². The first kappa shape index (κ1) is 22.0. The molecule has 0 saturated heterocycles. The summed E-state index contributed by atoms with van der Waals surface area (Å²) in [6.45, 7) is 8.54. The molecule has 1 aliphatic heterocycles. The Labute approximate surface area is 188 Å². The van der Waals surface area contributed by atoms with Crippen LogP contribution in [0.2, 0.25) is 0 Å². The Morgan fingerprint density at radius 1 is 1.41 bits per heavy atom. The Hall–Kier alpha value is -3.26. The fourth-order valence-electron chi connectivity index (χ4n) is 4.06. The van der Waals surface area contributed by atoms with E-state index in [0.717, 1.165) is 19.5 Å². The molecule has 0 bridgehead atoms. The van der Waals surface area contributed by atoms with Gasteiger partial charge in [0.15, 0.2) is 11.6 Å². The molecule has 168 valence electrons. The molecule has 1 aromatic heterocycles. The number of fused-ring (bicyclic) bond motifs is 1. The predicted molar refractivity (Wildman–Crippen MR) is 128 cm³/mol. The molecule has 32 heavy (non-hydrogen) atoms. The lowest BCUT2D eigenvalue weighted by atomic mass is 9.92. The number of carbonyl (C=O) groups is 1. The van der Waals surface area contributed by atoms with Crippen molar-refractivity contribution in [3.63, 3.8) is 0 Å². The molecule has 2 aromatic rings. The summed E-state index contributed by atoms with van der Waals surface area (Å²) in [5, 5.41) is 7.13. The number of likely N-dealkylation sites (N-methyl/N-ethyl adjacent to an activating group) is 1. The second-order valence-electron chi connectivity index (χ2n) is 8.75. The number of nitrogens with zero attached hydrogens (tertiary/aromatic N) is 5. The summed E-state index contributed by atoms with van der Waals surface area (Å²) in [4.78, 5) is 22.9. The number of hydrogen-bond acceptors (Lipinski definition) is 6. The molecule has 1 aliphatic carbocycles. The van der Waals surface area contributed by atoms with Crippen LogP contribution in [0.1, 0.15) is 45.5 Å². The van der Waals surface area contributed by atoms with Crippen LogP contribution in [0.4, 0.5) is 0 Å². The van der Waals surface area contributed by atoms with Crippen molar-refractivity contribution in [2.24, 2.45) is 21.6 Å². The van der Waals surface area contributed by atoms with Crippen LogP contribution in [-0.2, 0) is 19.4 Å². The van der Waals surface area contributed by atoms with Crippen molar-refractivity contribution >= 4 is 24.7 Å². The van der Waals surface area contributed by atoms with Gasteiger partial charge < -0.3 is 16.0 Å². The Morgan fingerprint density at radius 3 is 2.97 bits per heavy atom. The van der Waals surface area contributed by atoms with Gasteiger partial charge in [-0.15, -0.1) is 0 Å². The van der Waals surface area contributed by atoms with Gasteiger partial charge in [0.1, 0.15) is 0 Å². The second kappa shape index (κ2) is 9.48. The minimum Gasteiger partial charge on any atom is -0.381 e. The second-order valence-corrected chi connectivity index (χ2v) is 8.75. The fraction of sp³-hybridized carbons (Fsp3) is 0.417. The van der Waals surface area contributed by atoms with E-state index in [4.69, 9.17) is 5.73 Å². The van der Waals surface area contributed by atoms with Crippen LogP contribution in [-0.4, -0.2) is 53.7 Å². The largest absolute Gasteiger partial charge is 0.381 e. The molecule has 4 rings (SSSR count). The number of benzene rings is 1. The molecule has 0 radical (unpaired) electrons. The molecule has 0 unspecified atom stereocenters. The summed E-state index contributed by atoms with van der Waals surface area (Å²) in [5.74, 6) is 0.958. The molecule has 0 atom stereocenters. The van der Waals surface area contributed by atoms with Crippen molar-refractivity contribution in [3.05, 3.63) is 58.2 Å². The number of aromatic nitrogens is 2. The number of rotatable bonds is 8. The van der Waals surface area contributed by atoms with E-state index in [-0.39, 0.29) is 11.7 Å². The Morgan fingerprint density at radius 2 is 2.22 bits per heavy atom. The Kier molecular flexibility index (Phi) is 6.50. The molecule has 1 saturated carbocycles. The minimum atomic E-state index is -0.151. The standard InChI is InChI=1S/C24H31N7O/c1-16-10-18(11-19-14-30(3)9-7-21(16)19)6-8-27-22(25)23(26-2)31-15-20(13-29-31)24(32)28-12-17-4-5-17/h8,10-11,13,15,17H,2,4-7,9,12,14,25H2,1,3H3,(H,28,32)/b23-22+,27-8?. The Balaban J connectivity index is 1.44. The first-order chi connectivity index (χ1) is 15.4. The van der Waals surface area contributed by atoms with Crippen LogP contribution in [0.3, 0.4) is 0 Å². The lowest BCUT2D eigenvalue weighted by Crippen LogP contribution is -2.27. The van der Waals surface area contributed by atoms with Crippen LogP contribution >= 0.6 is 0 Å². The number of aliphatic imine (C=N–C) groups is 2. The molecule has 3 N–H and O–H groups in total. The quantitative estimate of drug-likeness (QED) is 0.624. The lowest BCUT2D eigenvalue weighted by molar-refractivity contribution is 0.0952. The number of aryl methyl sites for hydroxylation is 1. The topological polar surface area (TPSA) is 101 Å². The van der Waals surface area contributed by atoms with E-state index in [1.807, 2.05) is 0 Å². The molecular formula is C24H31N7O. The lowest BCUT2D eigenvalue weighted by Gasteiger charge is -2.26. The number of nitrogens with one attached hydrogen (secondary N) is 1. The smallest absolute Gasteiger partial charge is 0.254 e. The molecule has 0 spiro atoms. The van der Waals surface area contributed by atoms with Crippen LogP contribution < -0.4 is 11.1 Å². The van der Waals surface area contributed by atoms with E-state index in [9.17, 15) is 4.79 Å². The van der Waals surface area contributed by atoms with Gasteiger partial charge in [-0.1, -0.05) is 12.1 Å². The highest BCUT2D eigenvalue weighted by Crippen LogP contribution is 2.27. The highest BCUT2D eigenvalue weighted by atomic mass is 16.1. The van der Waals surface area contributed by atoms with Crippen LogP contribution in [0.25, 0.3) is 5.82 Å². The van der Waals surface area contributed by atoms with Crippen LogP contribution in [0.15, 0.2) is 40.3 Å². The monoisotopic (exact) mass is 433 g/mol. The summed E-state index contributed by atoms with van der Waals surface area (Å²) in [7, 11) is 2.15. The summed E-state index contributed by atoms with van der Waals surface area (Å²) < 4.78 is 1.44. The van der Waals surface area contributed by atoms with E-state index in [2.05, 4.69) is 58.1 Å². The maximum absolute atomic E-state index is 12.3. The van der Waals surface area contributed by atoms with E-state index in [0.29, 0.717) is 30.3 Å². The third-order valence-electron chi connectivity index (χ3n) is 6.06. The van der Waals surface area contributed by atoms with Gasteiger partial charge in [0.2, 0.25) is 0 Å². The van der Waals surface area contributed by atoms with Gasteiger partial charge in [0.05, 0.1) is 11.8 Å². The zero-order valence-corrected chi connectivity index (χ0v) is 18.8. The molecule has 8 heteroatoms. The molecule has 1 fully saturated rings. The summed E-state index contributed by atoms with van der Waals surface area (Å²) in [6.07, 6.45) is 9.00. The SMILES string of the molecule is C=N/C(=C(/N)N=CCc1cc(C)c2c(c1)CN(C)CC2)n1cc(C(=O)NCC2CC2)cn1. The number of hydrogen-bond donors (Lipinski definition) is 2. The van der Waals surface area contributed by atoms with Crippen molar-refractivity contribution in [2.45, 2.75) is 39.2 Å². The summed E-state index contributed by atoms with van der Waals surface area (Å²) in [6, 6.07) is 4.49. The molecule has 2 heterocycles. The zero-order chi connectivity index (χ0) is 22.7. The van der Waals surface area contributed by atoms with Gasteiger partial charge in [-0.3, -0.25) is 4.79 Å². The van der Waals surface area contributed by atoms with E-state index in [1.54, 1.807) is 12.4 Å². The minimum absolute atomic E-state index is 0.151. The van der Waals surface area contributed by atoms with Crippen molar-refractivity contribution in [3.8, 4) is 0 Å². The van der Waals surface area contributed by atoms with E-state index >= 15 is 0 Å². The van der Waals surface area contributed by atoms with Gasteiger partial charge in [-0.2, -0.15) is 5.10 Å². The Bertz CT molecular complexity index is 1080. The van der Waals surface area contributed by atoms with Crippen LogP contribution in [0, 0.1) is 12.8 Å². The van der Waals surface area contributed by atoms with Gasteiger partial charge in [0, 0.05) is 38.5 Å². The highest BCUT2D eigenvalue weighted by molar-refractivity contribution is 5.93. The summed E-state index contributed by atoms with van der Waals surface area (Å²) in [5.41, 5.74) is 12.0. The molecule has 8 nitrogen and oxygen atoms in total. The first-order valence-corrected chi connectivity index (χ1v) is 11.1. The number of amides is 1. The van der Waals surface area contributed by atoms with Gasteiger partial charge in [0.25, 0.3) is 5.91 Å². The zero-order valence-electron chi connectivity index (χ0n) is 18.8. The molecule has 1 amide bonds. The van der Waals surface area contributed by atoms with Gasteiger partial charge in [-0.05, 0) is 68.1 Å². The van der Waals surface area contributed by atoms with Crippen LogP contribution in [0.5, 0.6) is 0 Å². The van der Waals surface area contributed by atoms with E-state index in [1.165, 1.54) is 46.0 Å². The fourth-order valence-corrected chi connectivity index (χ4v) is 4.06. The van der Waals surface area contributed by atoms with Gasteiger partial charge >= 0.3 is 0 Å². The highest BCUT2D eigenvalue weighted by Gasteiger charge is 2.22. The third kappa shape index (κ3) is 5.13. The number of carbonyl (C=O) groups excluding carboxylic acids is 1. The van der Waals surface area contributed by atoms with Crippen molar-refractivity contribution in [1.82, 2.24) is 20.0 Å². The average molecular weight is 434 g/mol. The normalized spacial score (nSPS) is 17.2. The first-order valence-electron chi connectivity index (χ1n) is 11.1.